The third-order valence-electron chi connectivity index (χ3n) is 3.34. The first-order valence-corrected chi connectivity index (χ1v) is 6.29. The van der Waals surface area contributed by atoms with E-state index in [4.69, 9.17) is 4.74 Å². The number of likely N-dealkylation sites (N-methyl/N-ethyl adjacent to an activating group) is 2. The maximum atomic E-state index is 11.8. The fourth-order valence-corrected chi connectivity index (χ4v) is 2.13. The monoisotopic (exact) mass is 243 g/mol. The Morgan fingerprint density at radius 2 is 2.35 bits per heavy atom. The Kier molecular flexibility index (Phi) is 6.47. The summed E-state index contributed by atoms with van der Waals surface area (Å²) in [5.41, 5.74) is 0. The molecule has 1 atom stereocenters. The lowest BCUT2D eigenvalue weighted by atomic mass is 10.2. The summed E-state index contributed by atoms with van der Waals surface area (Å²) in [4.78, 5) is 16.0. The second-order valence-electron chi connectivity index (χ2n) is 4.72. The van der Waals surface area contributed by atoms with Crippen LogP contribution in [-0.2, 0) is 9.53 Å². The predicted octanol–water partition coefficient (Wildman–Crippen LogP) is -0.225. The lowest BCUT2D eigenvalue weighted by molar-refractivity contribution is -0.129. The van der Waals surface area contributed by atoms with Gasteiger partial charge in [0.2, 0.25) is 5.91 Å². The maximum absolute atomic E-state index is 11.8. The Hall–Kier alpha value is -0.650. The Morgan fingerprint density at radius 3 is 2.94 bits per heavy atom. The first kappa shape index (κ1) is 14.4. The largest absolute Gasteiger partial charge is 0.383 e. The van der Waals surface area contributed by atoms with Crippen LogP contribution in [0.1, 0.15) is 12.8 Å². The Bertz CT molecular complexity index is 236. The summed E-state index contributed by atoms with van der Waals surface area (Å²) >= 11 is 0. The van der Waals surface area contributed by atoms with Gasteiger partial charge in [-0.25, -0.2) is 0 Å². The molecule has 1 N–H and O–H groups in total. The highest BCUT2D eigenvalue weighted by atomic mass is 16.5. The van der Waals surface area contributed by atoms with Crippen molar-refractivity contribution in [3.63, 3.8) is 0 Å². The van der Waals surface area contributed by atoms with E-state index in [0.717, 1.165) is 19.6 Å². The number of nitrogens with zero attached hydrogens (tertiary/aromatic N) is 2. The van der Waals surface area contributed by atoms with Gasteiger partial charge in [0, 0.05) is 33.3 Å². The minimum absolute atomic E-state index is 0.154. The van der Waals surface area contributed by atoms with Crippen LogP contribution < -0.4 is 5.32 Å². The van der Waals surface area contributed by atoms with E-state index in [2.05, 4.69) is 17.3 Å². The summed E-state index contributed by atoms with van der Waals surface area (Å²) in [5.74, 6) is 0.154. The average Bonchev–Trinajstić information content (AvgIpc) is 2.70. The number of methoxy groups -OCH3 is 1. The van der Waals surface area contributed by atoms with Crippen LogP contribution in [0.2, 0.25) is 0 Å². The standard InChI is InChI=1S/C12H25N3O2/c1-14-7-4-5-11(14)10-15(2)12(16)9-13-6-8-17-3/h11,13H,4-10H2,1-3H3. The van der Waals surface area contributed by atoms with Gasteiger partial charge in [0.25, 0.3) is 0 Å². The Morgan fingerprint density at radius 1 is 1.59 bits per heavy atom. The fourth-order valence-electron chi connectivity index (χ4n) is 2.13. The first-order chi connectivity index (χ1) is 8.15. The molecular weight excluding hydrogens is 218 g/mol. The molecule has 1 aliphatic heterocycles. The van der Waals surface area contributed by atoms with Gasteiger partial charge in [-0.05, 0) is 26.4 Å². The van der Waals surface area contributed by atoms with Crippen molar-refractivity contribution < 1.29 is 9.53 Å². The molecule has 0 spiro atoms. The summed E-state index contributed by atoms with van der Waals surface area (Å²) in [5, 5.41) is 3.07. The number of carbonyl (C=O) groups excluding carboxylic acids is 1. The van der Waals surface area contributed by atoms with Crippen molar-refractivity contribution in [2.45, 2.75) is 18.9 Å². The molecule has 5 nitrogen and oxygen atoms in total. The second kappa shape index (κ2) is 7.63. The van der Waals surface area contributed by atoms with E-state index in [1.807, 2.05) is 11.9 Å². The van der Waals surface area contributed by atoms with E-state index in [1.165, 1.54) is 12.8 Å². The molecule has 0 saturated carbocycles. The normalized spacial score (nSPS) is 20.8. The van der Waals surface area contributed by atoms with Crippen LogP contribution >= 0.6 is 0 Å². The van der Waals surface area contributed by atoms with E-state index in [-0.39, 0.29) is 5.91 Å². The molecule has 100 valence electrons. The highest BCUT2D eigenvalue weighted by Crippen LogP contribution is 2.15. The SMILES string of the molecule is COCCNCC(=O)N(C)CC1CCCN1C. The Balaban J connectivity index is 2.17. The van der Waals surface area contributed by atoms with Gasteiger partial charge >= 0.3 is 0 Å². The molecule has 1 heterocycles. The number of rotatable bonds is 7. The number of amides is 1. The number of hydrogen-bond donors (Lipinski definition) is 1. The number of hydrogen-bond acceptors (Lipinski definition) is 4. The number of nitrogens with one attached hydrogen (secondary N) is 1. The van der Waals surface area contributed by atoms with Crippen LogP contribution in [0, 0.1) is 0 Å². The third kappa shape index (κ3) is 5.02. The summed E-state index contributed by atoms with van der Waals surface area (Å²) in [6.07, 6.45) is 2.44. The van der Waals surface area contributed by atoms with E-state index in [9.17, 15) is 4.79 Å². The lowest BCUT2D eigenvalue weighted by Gasteiger charge is -2.26. The van der Waals surface area contributed by atoms with E-state index in [1.54, 1.807) is 7.11 Å². The number of carbonyl (C=O) groups is 1. The molecule has 0 aromatic heterocycles. The van der Waals surface area contributed by atoms with Gasteiger partial charge in [0.15, 0.2) is 0 Å². The van der Waals surface area contributed by atoms with Gasteiger partial charge in [-0.2, -0.15) is 0 Å². The van der Waals surface area contributed by atoms with Crippen molar-refractivity contribution in [3.05, 3.63) is 0 Å². The van der Waals surface area contributed by atoms with Gasteiger partial charge < -0.3 is 19.9 Å². The van der Waals surface area contributed by atoms with Crippen LogP contribution in [0.4, 0.5) is 0 Å². The van der Waals surface area contributed by atoms with Crippen molar-refractivity contribution in [1.29, 1.82) is 0 Å². The Labute approximate surface area is 104 Å². The smallest absolute Gasteiger partial charge is 0.236 e. The van der Waals surface area contributed by atoms with E-state index < -0.39 is 0 Å². The van der Waals surface area contributed by atoms with Crippen molar-refractivity contribution in [1.82, 2.24) is 15.1 Å². The molecule has 1 rings (SSSR count). The van der Waals surface area contributed by atoms with Gasteiger partial charge in [0.1, 0.15) is 0 Å². The highest BCUT2D eigenvalue weighted by Gasteiger charge is 2.23. The van der Waals surface area contributed by atoms with E-state index >= 15 is 0 Å². The van der Waals surface area contributed by atoms with Crippen LogP contribution in [-0.4, -0.2) is 75.7 Å². The van der Waals surface area contributed by atoms with Gasteiger partial charge in [0.05, 0.1) is 13.2 Å². The summed E-state index contributed by atoms with van der Waals surface area (Å²) in [6, 6.07) is 0.530. The van der Waals surface area contributed by atoms with Gasteiger partial charge in [-0.3, -0.25) is 4.79 Å². The quantitative estimate of drug-likeness (QED) is 0.628. The van der Waals surface area contributed by atoms with Gasteiger partial charge in [-0.1, -0.05) is 0 Å². The minimum Gasteiger partial charge on any atom is -0.383 e. The number of ether oxygens (including phenoxy) is 1. The van der Waals surface area contributed by atoms with Crippen molar-refractivity contribution in [3.8, 4) is 0 Å². The molecule has 1 amide bonds. The van der Waals surface area contributed by atoms with Crippen molar-refractivity contribution >= 4 is 5.91 Å². The zero-order valence-corrected chi connectivity index (χ0v) is 11.2. The molecule has 0 aromatic rings. The lowest BCUT2D eigenvalue weighted by Crippen LogP contribution is -2.43. The van der Waals surface area contributed by atoms with Crippen molar-refractivity contribution in [2.24, 2.45) is 0 Å². The third-order valence-corrected chi connectivity index (χ3v) is 3.34. The summed E-state index contributed by atoms with van der Waals surface area (Å²) < 4.78 is 4.91. The molecule has 5 heteroatoms. The second-order valence-corrected chi connectivity index (χ2v) is 4.72. The highest BCUT2D eigenvalue weighted by molar-refractivity contribution is 5.78. The zero-order chi connectivity index (χ0) is 12.7. The van der Waals surface area contributed by atoms with Crippen LogP contribution in [0.5, 0.6) is 0 Å². The predicted molar refractivity (Wildman–Crippen MR) is 68.0 cm³/mol. The van der Waals surface area contributed by atoms with E-state index in [0.29, 0.717) is 19.2 Å². The number of likely N-dealkylation sites (tertiary alicyclic amines) is 1. The van der Waals surface area contributed by atoms with Crippen LogP contribution in [0.3, 0.4) is 0 Å². The molecule has 0 bridgehead atoms. The zero-order valence-electron chi connectivity index (χ0n) is 11.2. The fraction of sp³-hybridized carbons (Fsp3) is 0.917. The molecule has 0 aromatic carbocycles. The molecular formula is C12H25N3O2. The minimum atomic E-state index is 0.154. The van der Waals surface area contributed by atoms with Crippen molar-refractivity contribution in [2.75, 3.05) is 54.0 Å². The van der Waals surface area contributed by atoms with Crippen LogP contribution in [0.25, 0.3) is 0 Å². The molecule has 0 aliphatic carbocycles. The summed E-state index contributed by atoms with van der Waals surface area (Å²) in [7, 11) is 5.67. The average molecular weight is 243 g/mol. The molecule has 1 saturated heterocycles. The maximum Gasteiger partial charge on any atom is 0.236 e. The topological polar surface area (TPSA) is 44.8 Å². The molecule has 1 fully saturated rings. The molecule has 1 unspecified atom stereocenters. The molecule has 17 heavy (non-hydrogen) atoms. The van der Waals surface area contributed by atoms with Crippen LogP contribution in [0.15, 0.2) is 0 Å². The first-order valence-electron chi connectivity index (χ1n) is 6.29. The van der Waals surface area contributed by atoms with Gasteiger partial charge in [-0.15, -0.1) is 0 Å². The summed E-state index contributed by atoms with van der Waals surface area (Å²) in [6.45, 7) is 3.75. The molecule has 0 radical (unpaired) electrons. The molecule has 1 aliphatic rings.